The number of carbonyl (C=O) groups is 1. The van der Waals surface area contributed by atoms with Crippen LogP contribution in [0.3, 0.4) is 0 Å². The van der Waals surface area contributed by atoms with Crippen molar-refractivity contribution >= 4 is 33.3 Å². The number of carboxylic acids is 1. The van der Waals surface area contributed by atoms with Gasteiger partial charge in [0.15, 0.2) is 0 Å². The lowest BCUT2D eigenvalue weighted by Gasteiger charge is -2.52. The summed E-state index contributed by atoms with van der Waals surface area (Å²) in [6, 6.07) is 2.09. The number of thiophene rings is 1. The average Bonchev–Trinajstić information content (AvgIpc) is 3.03. The van der Waals surface area contributed by atoms with Crippen LogP contribution in [0, 0.1) is 5.41 Å². The molecule has 2 atom stereocenters. The van der Waals surface area contributed by atoms with Gasteiger partial charge in [-0.15, -0.1) is 11.3 Å². The van der Waals surface area contributed by atoms with Crippen LogP contribution in [0.1, 0.15) is 19.3 Å². The van der Waals surface area contributed by atoms with Crippen LogP contribution >= 0.6 is 11.3 Å². The number of aliphatic carboxylic acids is 1. The first kappa shape index (κ1) is 14.8. The van der Waals surface area contributed by atoms with E-state index in [1.165, 1.54) is 0 Å². The van der Waals surface area contributed by atoms with Crippen LogP contribution < -0.4 is 4.90 Å². The number of rotatable bonds is 2. The van der Waals surface area contributed by atoms with Crippen molar-refractivity contribution in [3.8, 4) is 0 Å². The lowest BCUT2D eigenvalue weighted by molar-refractivity contribution is -0.158. The molecule has 0 aliphatic carbocycles. The van der Waals surface area contributed by atoms with Crippen molar-refractivity contribution in [2.75, 3.05) is 31.6 Å². The number of piperidine rings is 2. The molecule has 23 heavy (non-hydrogen) atoms. The summed E-state index contributed by atoms with van der Waals surface area (Å²) in [6.07, 6.45) is 4.02. The first-order chi connectivity index (χ1) is 11.1. The summed E-state index contributed by atoms with van der Waals surface area (Å²) in [5, 5.41) is 13.0. The second kappa shape index (κ2) is 5.42. The Bertz CT molecular complexity index is 749. The minimum absolute atomic E-state index is 0.0335. The molecule has 0 saturated carbocycles. The lowest BCUT2D eigenvalue weighted by atomic mass is 9.68. The first-order valence-corrected chi connectivity index (χ1v) is 8.86. The predicted molar refractivity (Wildman–Crippen MR) is 90.0 cm³/mol. The summed E-state index contributed by atoms with van der Waals surface area (Å²) in [4.78, 5) is 26.2. The number of anilines is 1. The van der Waals surface area contributed by atoms with E-state index >= 15 is 0 Å². The van der Waals surface area contributed by atoms with Gasteiger partial charge < -0.3 is 14.9 Å². The van der Waals surface area contributed by atoms with Gasteiger partial charge in [-0.2, -0.15) is 0 Å². The quantitative estimate of drug-likeness (QED) is 0.908. The van der Waals surface area contributed by atoms with E-state index in [0.717, 1.165) is 42.0 Å². The van der Waals surface area contributed by atoms with Crippen molar-refractivity contribution in [1.29, 1.82) is 0 Å². The zero-order chi connectivity index (χ0) is 16.0. The molecule has 6 nitrogen and oxygen atoms in total. The van der Waals surface area contributed by atoms with Crippen LogP contribution in [0.15, 0.2) is 17.8 Å². The van der Waals surface area contributed by atoms with Crippen LogP contribution in [-0.4, -0.2) is 58.7 Å². The van der Waals surface area contributed by atoms with E-state index in [0.29, 0.717) is 13.0 Å². The summed E-state index contributed by atoms with van der Waals surface area (Å²) >= 11 is 1.61. The molecular weight excluding hydrogens is 312 g/mol. The Morgan fingerprint density at radius 2 is 2.26 bits per heavy atom. The van der Waals surface area contributed by atoms with E-state index in [-0.39, 0.29) is 6.04 Å². The summed E-state index contributed by atoms with van der Waals surface area (Å²) in [7, 11) is 2.05. The Morgan fingerprint density at radius 3 is 3.09 bits per heavy atom. The van der Waals surface area contributed by atoms with Gasteiger partial charge >= 0.3 is 5.97 Å². The molecule has 7 heteroatoms. The van der Waals surface area contributed by atoms with Gasteiger partial charge in [0.1, 0.15) is 17.0 Å². The highest BCUT2D eigenvalue weighted by atomic mass is 32.1. The Hall–Kier alpha value is -1.73. The molecular formula is C16H20N4O2S. The Kier molecular flexibility index (Phi) is 3.50. The van der Waals surface area contributed by atoms with Crippen LogP contribution in [0.2, 0.25) is 0 Å². The molecule has 4 rings (SSSR count). The number of carboxylic acid groups (broad SMARTS) is 1. The van der Waals surface area contributed by atoms with Crippen molar-refractivity contribution in [3.05, 3.63) is 17.8 Å². The molecule has 0 unspecified atom stereocenters. The minimum Gasteiger partial charge on any atom is -0.481 e. The fourth-order valence-corrected chi connectivity index (χ4v) is 4.93. The molecule has 2 aliphatic heterocycles. The van der Waals surface area contributed by atoms with E-state index < -0.39 is 11.4 Å². The predicted octanol–water partition coefficient (Wildman–Crippen LogP) is 2.07. The van der Waals surface area contributed by atoms with Gasteiger partial charge in [0, 0.05) is 19.1 Å². The summed E-state index contributed by atoms with van der Waals surface area (Å²) in [5.41, 5.74) is -0.607. The molecule has 0 aromatic carbocycles. The van der Waals surface area contributed by atoms with Gasteiger partial charge in [-0.3, -0.25) is 4.79 Å². The second-order valence-electron chi connectivity index (χ2n) is 6.59. The zero-order valence-electron chi connectivity index (χ0n) is 13.1. The molecule has 0 bridgehead atoms. The Morgan fingerprint density at radius 1 is 1.39 bits per heavy atom. The van der Waals surface area contributed by atoms with Crippen molar-refractivity contribution in [2.24, 2.45) is 5.41 Å². The minimum atomic E-state index is -0.642. The number of nitrogens with zero attached hydrogens (tertiary/aromatic N) is 4. The first-order valence-electron chi connectivity index (χ1n) is 7.98. The average molecular weight is 332 g/mol. The molecule has 4 heterocycles. The normalized spacial score (nSPS) is 28.7. The van der Waals surface area contributed by atoms with E-state index in [9.17, 15) is 9.90 Å². The molecule has 2 fully saturated rings. The smallest absolute Gasteiger partial charge is 0.311 e. The van der Waals surface area contributed by atoms with Crippen molar-refractivity contribution in [3.63, 3.8) is 0 Å². The fourth-order valence-electron chi connectivity index (χ4n) is 4.21. The molecule has 1 N–H and O–H groups in total. The maximum absolute atomic E-state index is 12.0. The third-order valence-corrected chi connectivity index (χ3v) is 6.31. The molecule has 122 valence electrons. The molecule has 0 radical (unpaired) electrons. The highest BCUT2D eigenvalue weighted by Gasteiger charge is 2.52. The topological polar surface area (TPSA) is 69.6 Å². The monoisotopic (exact) mass is 332 g/mol. The van der Waals surface area contributed by atoms with E-state index in [1.54, 1.807) is 17.7 Å². The summed E-state index contributed by atoms with van der Waals surface area (Å²) in [6.45, 7) is 2.41. The number of likely N-dealkylation sites (N-methyl/N-ethyl adjacent to an activating group) is 1. The molecule has 2 aromatic rings. The molecule has 2 aromatic heterocycles. The van der Waals surface area contributed by atoms with Gasteiger partial charge in [-0.1, -0.05) is 0 Å². The van der Waals surface area contributed by atoms with Crippen molar-refractivity contribution in [1.82, 2.24) is 14.9 Å². The maximum Gasteiger partial charge on any atom is 0.311 e. The molecule has 0 spiro atoms. The van der Waals surface area contributed by atoms with Crippen LogP contribution in [0.4, 0.5) is 5.82 Å². The van der Waals surface area contributed by atoms with Gasteiger partial charge in [0.05, 0.1) is 10.8 Å². The largest absolute Gasteiger partial charge is 0.481 e. The number of fused-ring (bicyclic) bond motifs is 2. The van der Waals surface area contributed by atoms with Crippen LogP contribution in [0.5, 0.6) is 0 Å². The molecule has 2 aliphatic rings. The van der Waals surface area contributed by atoms with Crippen LogP contribution in [-0.2, 0) is 4.79 Å². The zero-order valence-corrected chi connectivity index (χ0v) is 13.9. The fraction of sp³-hybridized carbons (Fsp3) is 0.562. The number of aromatic nitrogens is 2. The Balaban J connectivity index is 1.69. The van der Waals surface area contributed by atoms with Gasteiger partial charge in [0.2, 0.25) is 0 Å². The van der Waals surface area contributed by atoms with E-state index in [1.807, 2.05) is 12.4 Å². The molecule has 2 saturated heterocycles. The van der Waals surface area contributed by atoms with E-state index in [2.05, 4.69) is 25.8 Å². The van der Waals surface area contributed by atoms with Crippen molar-refractivity contribution in [2.45, 2.75) is 25.3 Å². The van der Waals surface area contributed by atoms with E-state index in [4.69, 9.17) is 0 Å². The van der Waals surface area contributed by atoms with Crippen molar-refractivity contribution < 1.29 is 9.90 Å². The van der Waals surface area contributed by atoms with Gasteiger partial charge in [-0.25, -0.2) is 9.97 Å². The van der Waals surface area contributed by atoms with Gasteiger partial charge in [-0.05, 0) is 44.3 Å². The standard InChI is InChI=1S/C16H20N4O2S/c1-19-6-2-4-16(15(21)22)5-7-20(9-12(16)19)13-11-3-8-23-14(11)18-10-17-13/h3,8,10,12H,2,4-7,9H2,1H3,(H,21,22)/t12-,16+/m1/s1. The summed E-state index contributed by atoms with van der Waals surface area (Å²) < 4.78 is 0. The SMILES string of the molecule is CN1CCC[C@]2(C(=O)O)CCN(c3ncnc4sccc34)C[C@@H]12. The highest BCUT2D eigenvalue weighted by Crippen LogP contribution is 2.43. The number of hydrogen-bond acceptors (Lipinski definition) is 6. The van der Waals surface area contributed by atoms with Crippen LogP contribution in [0.25, 0.3) is 10.2 Å². The van der Waals surface area contributed by atoms with Gasteiger partial charge in [0.25, 0.3) is 0 Å². The Labute approximate surface area is 138 Å². The number of likely N-dealkylation sites (tertiary alicyclic amines) is 1. The summed E-state index contributed by atoms with van der Waals surface area (Å²) in [5.74, 6) is 0.297. The second-order valence-corrected chi connectivity index (χ2v) is 7.49. The number of hydrogen-bond donors (Lipinski definition) is 1. The third kappa shape index (κ3) is 2.21. The molecule has 0 amide bonds. The highest BCUT2D eigenvalue weighted by molar-refractivity contribution is 7.16. The third-order valence-electron chi connectivity index (χ3n) is 5.49. The maximum atomic E-state index is 12.0. The lowest BCUT2D eigenvalue weighted by Crippen LogP contribution is -2.63.